The van der Waals surface area contributed by atoms with Crippen molar-refractivity contribution in [2.75, 3.05) is 13.2 Å². The van der Waals surface area contributed by atoms with Gasteiger partial charge in [0.2, 0.25) is 0 Å². The van der Waals surface area contributed by atoms with Crippen molar-refractivity contribution in [2.24, 2.45) is 5.16 Å². The topological polar surface area (TPSA) is 81.0 Å². The molecule has 2 aromatic carbocycles. The maximum absolute atomic E-state index is 10.9. The van der Waals surface area contributed by atoms with Gasteiger partial charge >= 0.3 is 5.97 Å². The van der Waals surface area contributed by atoms with Crippen molar-refractivity contribution < 1.29 is 19.5 Å². The summed E-state index contributed by atoms with van der Waals surface area (Å²) in [5.74, 6) is -0.345. The average Bonchev–Trinajstić information content (AvgIpc) is 2.84. The molecule has 3 aromatic rings. The minimum absolute atomic E-state index is 0.330. The van der Waals surface area contributed by atoms with Crippen molar-refractivity contribution in [3.05, 3.63) is 101 Å². The zero-order valence-corrected chi connectivity index (χ0v) is 17.6. The van der Waals surface area contributed by atoms with E-state index in [1.54, 1.807) is 12.4 Å². The van der Waals surface area contributed by atoms with Crippen LogP contribution in [0.5, 0.6) is 5.75 Å². The third-order valence-electron chi connectivity index (χ3n) is 5.26. The summed E-state index contributed by atoms with van der Waals surface area (Å²) in [6, 6.07) is 19.5. The molecule has 0 radical (unpaired) electrons. The van der Waals surface area contributed by atoms with E-state index in [1.807, 2.05) is 66.7 Å². The number of aliphatic carboxylic acids is 1. The summed E-state index contributed by atoms with van der Waals surface area (Å²) in [5, 5.41) is 13.3. The molecular weight excluding hydrogens is 404 g/mol. The van der Waals surface area contributed by atoms with Crippen LogP contribution >= 0.6 is 0 Å². The summed E-state index contributed by atoms with van der Waals surface area (Å²) in [7, 11) is 0. The Morgan fingerprint density at radius 1 is 1.00 bits per heavy atom. The second kappa shape index (κ2) is 10.4. The Balaban J connectivity index is 1.52. The van der Waals surface area contributed by atoms with E-state index in [2.05, 4.69) is 10.1 Å². The molecule has 0 aliphatic heterocycles. The molecule has 0 bridgehead atoms. The number of rotatable bonds is 8. The Bertz CT molecular complexity index is 1080. The molecule has 0 saturated carbocycles. The SMILES string of the molecule is O=C(O)COc1cccc2c1CCCC2=CCON=C(c1ccccc1)c1ccncc1. The van der Waals surface area contributed by atoms with Crippen LogP contribution in [0.2, 0.25) is 0 Å². The van der Waals surface area contributed by atoms with E-state index in [0.29, 0.717) is 12.4 Å². The lowest BCUT2D eigenvalue weighted by molar-refractivity contribution is -0.139. The summed E-state index contributed by atoms with van der Waals surface area (Å²) in [6.07, 6.45) is 8.27. The van der Waals surface area contributed by atoms with Gasteiger partial charge in [0.1, 0.15) is 18.1 Å². The molecule has 0 saturated heterocycles. The highest BCUT2D eigenvalue weighted by Crippen LogP contribution is 2.36. The molecule has 4 rings (SSSR count). The van der Waals surface area contributed by atoms with Crippen LogP contribution in [0, 0.1) is 0 Å². The van der Waals surface area contributed by atoms with Gasteiger partial charge in [0.25, 0.3) is 0 Å². The van der Waals surface area contributed by atoms with Crippen LogP contribution in [-0.4, -0.2) is 35.0 Å². The van der Waals surface area contributed by atoms with Crippen LogP contribution in [0.25, 0.3) is 5.57 Å². The second-order valence-corrected chi connectivity index (χ2v) is 7.39. The average molecular weight is 428 g/mol. The van der Waals surface area contributed by atoms with Gasteiger partial charge in [-0.15, -0.1) is 0 Å². The summed E-state index contributed by atoms with van der Waals surface area (Å²) in [5.41, 5.74) is 5.95. The number of fused-ring (bicyclic) bond motifs is 1. The van der Waals surface area contributed by atoms with Crippen LogP contribution < -0.4 is 4.74 Å². The molecule has 0 fully saturated rings. The fourth-order valence-electron chi connectivity index (χ4n) is 3.82. The van der Waals surface area contributed by atoms with Gasteiger partial charge in [-0.05, 0) is 54.7 Å². The maximum Gasteiger partial charge on any atom is 0.341 e. The Morgan fingerprint density at radius 3 is 2.56 bits per heavy atom. The molecule has 1 N–H and O–H groups in total. The second-order valence-electron chi connectivity index (χ2n) is 7.39. The molecule has 0 unspecified atom stereocenters. The van der Waals surface area contributed by atoms with Crippen molar-refractivity contribution in [1.82, 2.24) is 4.98 Å². The van der Waals surface area contributed by atoms with Crippen LogP contribution in [0.3, 0.4) is 0 Å². The normalized spacial score (nSPS) is 14.6. The molecule has 6 heteroatoms. The molecule has 6 nitrogen and oxygen atoms in total. The molecule has 0 spiro atoms. The first-order valence-corrected chi connectivity index (χ1v) is 10.5. The molecule has 0 atom stereocenters. The van der Waals surface area contributed by atoms with Crippen molar-refractivity contribution in [3.63, 3.8) is 0 Å². The Morgan fingerprint density at radius 2 is 1.78 bits per heavy atom. The van der Waals surface area contributed by atoms with Gasteiger partial charge in [-0.3, -0.25) is 4.98 Å². The molecule has 1 aromatic heterocycles. The third-order valence-corrected chi connectivity index (χ3v) is 5.26. The third kappa shape index (κ3) is 5.21. The first-order chi connectivity index (χ1) is 15.7. The Kier molecular flexibility index (Phi) is 6.92. The van der Waals surface area contributed by atoms with Crippen LogP contribution in [0.4, 0.5) is 0 Å². The fraction of sp³-hybridized carbons (Fsp3) is 0.192. The van der Waals surface area contributed by atoms with Gasteiger partial charge in [-0.25, -0.2) is 4.79 Å². The number of hydrogen-bond donors (Lipinski definition) is 1. The number of allylic oxidation sites excluding steroid dienone is 1. The van der Waals surface area contributed by atoms with Crippen molar-refractivity contribution in [3.8, 4) is 5.75 Å². The lowest BCUT2D eigenvalue weighted by Crippen LogP contribution is -2.12. The molecule has 1 heterocycles. The number of ether oxygens (including phenoxy) is 1. The quantitative estimate of drug-likeness (QED) is 0.319. The van der Waals surface area contributed by atoms with E-state index >= 15 is 0 Å². The number of benzene rings is 2. The lowest BCUT2D eigenvalue weighted by Gasteiger charge is -2.21. The predicted molar refractivity (Wildman–Crippen MR) is 123 cm³/mol. The minimum atomic E-state index is -0.983. The molecule has 1 aliphatic carbocycles. The van der Waals surface area contributed by atoms with Crippen molar-refractivity contribution in [1.29, 1.82) is 0 Å². The number of aromatic nitrogens is 1. The van der Waals surface area contributed by atoms with Gasteiger partial charge in [0.05, 0.1) is 0 Å². The van der Waals surface area contributed by atoms with Gasteiger partial charge in [-0.1, -0.05) is 47.6 Å². The maximum atomic E-state index is 10.9. The monoisotopic (exact) mass is 428 g/mol. The van der Waals surface area contributed by atoms with E-state index in [9.17, 15) is 4.79 Å². The van der Waals surface area contributed by atoms with Gasteiger partial charge in [0, 0.05) is 29.1 Å². The summed E-state index contributed by atoms with van der Waals surface area (Å²) >= 11 is 0. The highest BCUT2D eigenvalue weighted by Gasteiger charge is 2.18. The van der Waals surface area contributed by atoms with Crippen molar-refractivity contribution >= 4 is 17.3 Å². The zero-order valence-electron chi connectivity index (χ0n) is 17.6. The highest BCUT2D eigenvalue weighted by atomic mass is 16.6. The van der Waals surface area contributed by atoms with E-state index in [0.717, 1.165) is 52.8 Å². The van der Waals surface area contributed by atoms with Crippen LogP contribution in [-0.2, 0) is 16.1 Å². The smallest absolute Gasteiger partial charge is 0.341 e. The molecule has 32 heavy (non-hydrogen) atoms. The Labute approximate surface area is 186 Å². The van der Waals surface area contributed by atoms with Gasteiger partial charge in [-0.2, -0.15) is 0 Å². The van der Waals surface area contributed by atoms with Gasteiger partial charge < -0.3 is 14.7 Å². The molecule has 1 aliphatic rings. The number of pyridine rings is 1. The van der Waals surface area contributed by atoms with E-state index in [4.69, 9.17) is 14.7 Å². The first-order valence-electron chi connectivity index (χ1n) is 10.5. The summed E-state index contributed by atoms with van der Waals surface area (Å²) in [6.45, 7) is -0.0129. The van der Waals surface area contributed by atoms with Crippen LogP contribution in [0.1, 0.15) is 35.1 Å². The number of carboxylic acid groups (broad SMARTS) is 1. The van der Waals surface area contributed by atoms with Gasteiger partial charge in [0.15, 0.2) is 6.61 Å². The van der Waals surface area contributed by atoms with E-state index in [1.165, 1.54) is 0 Å². The molecular formula is C26H24N2O4. The standard InChI is InChI=1S/C26H24N2O4/c29-25(30)18-31-24-11-5-9-22-19(8-4-10-23(22)24)14-17-32-28-26(20-6-2-1-3-7-20)21-12-15-27-16-13-21/h1-3,5-7,9,11-16H,4,8,10,17-18H2,(H,29,30). The molecule has 162 valence electrons. The Hall–Kier alpha value is -3.93. The lowest BCUT2D eigenvalue weighted by atomic mass is 9.86. The zero-order chi connectivity index (χ0) is 22.2. The van der Waals surface area contributed by atoms with Crippen molar-refractivity contribution in [2.45, 2.75) is 19.3 Å². The number of carbonyl (C=O) groups is 1. The number of carboxylic acids is 1. The van der Waals surface area contributed by atoms with Crippen LogP contribution in [0.15, 0.2) is 84.3 Å². The summed E-state index contributed by atoms with van der Waals surface area (Å²) < 4.78 is 5.48. The largest absolute Gasteiger partial charge is 0.482 e. The highest BCUT2D eigenvalue weighted by molar-refractivity contribution is 6.12. The first kappa shape index (κ1) is 21.3. The predicted octanol–water partition coefficient (Wildman–Crippen LogP) is 4.73. The molecule has 0 amide bonds. The summed E-state index contributed by atoms with van der Waals surface area (Å²) in [4.78, 5) is 20.7. The number of nitrogens with zero attached hydrogens (tertiary/aromatic N) is 2. The minimum Gasteiger partial charge on any atom is -0.482 e. The number of oxime groups is 1. The van der Waals surface area contributed by atoms with E-state index < -0.39 is 5.97 Å². The van der Waals surface area contributed by atoms with E-state index in [-0.39, 0.29) is 6.61 Å². The fourth-order valence-corrected chi connectivity index (χ4v) is 3.82. The number of hydrogen-bond acceptors (Lipinski definition) is 5.